The first kappa shape index (κ1) is 13.2. The van der Waals surface area contributed by atoms with Crippen LogP contribution >= 0.6 is 0 Å². The van der Waals surface area contributed by atoms with Gasteiger partial charge in [-0.2, -0.15) is 5.26 Å². The van der Waals surface area contributed by atoms with Crippen LogP contribution in [0.4, 0.5) is 0 Å². The highest BCUT2D eigenvalue weighted by molar-refractivity contribution is 5.99. The molecule has 0 spiro atoms. The van der Waals surface area contributed by atoms with Crippen molar-refractivity contribution < 1.29 is 9.21 Å². The minimum Gasteiger partial charge on any atom is -0.443 e. The average Bonchev–Trinajstić information content (AvgIpc) is 3.28. The number of likely N-dealkylation sites (tertiary alicyclic amines) is 1. The zero-order chi connectivity index (χ0) is 15.3. The number of piperidine rings is 1. The molecule has 2 aromatic rings. The van der Waals surface area contributed by atoms with Gasteiger partial charge < -0.3 is 9.32 Å². The van der Waals surface area contributed by atoms with E-state index in [4.69, 9.17) is 4.42 Å². The van der Waals surface area contributed by atoms with Crippen LogP contribution in [-0.4, -0.2) is 28.0 Å². The Hall–Kier alpha value is -2.48. The predicted octanol–water partition coefficient (Wildman–Crippen LogP) is 2.87. The maximum absolute atomic E-state index is 12.9. The Kier molecular flexibility index (Phi) is 2.86. The smallest absolute Gasteiger partial charge is 0.259 e. The Balaban J connectivity index is 1.76. The first-order valence-electron chi connectivity index (χ1n) is 7.67. The quantitative estimate of drug-likeness (QED) is 0.855. The van der Waals surface area contributed by atoms with Crippen LogP contribution in [0.1, 0.15) is 40.9 Å². The van der Waals surface area contributed by atoms with E-state index in [1.807, 2.05) is 29.4 Å². The molecule has 2 aromatic heterocycles. The predicted molar refractivity (Wildman–Crippen MR) is 79.7 cm³/mol. The van der Waals surface area contributed by atoms with Gasteiger partial charge in [-0.1, -0.05) is 0 Å². The van der Waals surface area contributed by atoms with Crippen LogP contribution in [0.2, 0.25) is 0 Å². The number of hydrogen-bond donors (Lipinski definition) is 0. The van der Waals surface area contributed by atoms with E-state index in [0.717, 1.165) is 19.4 Å². The molecule has 5 heteroatoms. The molecule has 1 aliphatic carbocycles. The largest absolute Gasteiger partial charge is 0.443 e. The second kappa shape index (κ2) is 4.77. The maximum Gasteiger partial charge on any atom is 0.259 e. The average molecular weight is 295 g/mol. The number of hydrogen-bond acceptors (Lipinski definition) is 3. The van der Waals surface area contributed by atoms with Crippen LogP contribution in [0, 0.1) is 24.2 Å². The topological polar surface area (TPSA) is 62.2 Å². The molecule has 2 bridgehead atoms. The molecule has 0 radical (unpaired) electrons. The summed E-state index contributed by atoms with van der Waals surface area (Å²) in [6.45, 7) is 2.58. The van der Waals surface area contributed by atoms with Crippen molar-refractivity contribution in [3.05, 3.63) is 41.4 Å². The SMILES string of the molecule is Cc1oc(-n2cccc2)c(C#N)c1C(=O)N1CC2CCC1C2. The molecule has 1 saturated carbocycles. The van der Waals surface area contributed by atoms with Crippen LogP contribution in [-0.2, 0) is 0 Å². The minimum atomic E-state index is -0.0524. The fourth-order valence-electron chi connectivity index (χ4n) is 3.86. The summed E-state index contributed by atoms with van der Waals surface area (Å²) < 4.78 is 7.47. The van der Waals surface area contributed by atoms with Crippen molar-refractivity contribution >= 4 is 5.91 Å². The van der Waals surface area contributed by atoms with E-state index >= 15 is 0 Å². The van der Waals surface area contributed by atoms with Crippen molar-refractivity contribution in [1.82, 2.24) is 9.47 Å². The highest BCUT2D eigenvalue weighted by Crippen LogP contribution is 2.39. The third kappa shape index (κ3) is 1.80. The number of aromatic nitrogens is 1. The number of carbonyl (C=O) groups excluding carboxylic acids is 1. The van der Waals surface area contributed by atoms with E-state index in [0.29, 0.717) is 34.7 Å². The van der Waals surface area contributed by atoms with E-state index in [-0.39, 0.29) is 5.91 Å². The fourth-order valence-corrected chi connectivity index (χ4v) is 3.86. The number of nitrogens with zero attached hydrogens (tertiary/aromatic N) is 3. The second-order valence-electron chi connectivity index (χ2n) is 6.21. The number of aryl methyl sites for hydroxylation is 1. The van der Waals surface area contributed by atoms with Crippen molar-refractivity contribution in [1.29, 1.82) is 5.26 Å². The van der Waals surface area contributed by atoms with Gasteiger partial charge in [0, 0.05) is 25.0 Å². The molecule has 4 rings (SSSR count). The van der Waals surface area contributed by atoms with Gasteiger partial charge in [0.1, 0.15) is 23.0 Å². The molecule has 22 heavy (non-hydrogen) atoms. The Bertz CT molecular complexity index is 767. The molecular formula is C17H17N3O2. The molecule has 0 aromatic carbocycles. The van der Waals surface area contributed by atoms with Crippen LogP contribution in [0.15, 0.2) is 28.9 Å². The number of nitriles is 1. The summed E-state index contributed by atoms with van der Waals surface area (Å²) >= 11 is 0. The molecular weight excluding hydrogens is 278 g/mol. The number of amides is 1. The summed E-state index contributed by atoms with van der Waals surface area (Å²) in [6.07, 6.45) is 7.03. The van der Waals surface area contributed by atoms with Gasteiger partial charge in [0.2, 0.25) is 5.88 Å². The second-order valence-corrected chi connectivity index (χ2v) is 6.21. The molecule has 1 amide bonds. The molecule has 2 atom stereocenters. The summed E-state index contributed by atoms with van der Waals surface area (Å²) in [7, 11) is 0. The number of fused-ring (bicyclic) bond motifs is 2. The molecule has 2 unspecified atom stereocenters. The fraction of sp³-hybridized carbons (Fsp3) is 0.412. The van der Waals surface area contributed by atoms with Gasteiger partial charge in [-0.05, 0) is 44.2 Å². The van der Waals surface area contributed by atoms with Crippen LogP contribution in [0.3, 0.4) is 0 Å². The zero-order valence-corrected chi connectivity index (χ0v) is 12.5. The summed E-state index contributed by atoms with van der Waals surface area (Å²) in [5.74, 6) is 1.53. The lowest BCUT2D eigenvalue weighted by Gasteiger charge is -2.26. The summed E-state index contributed by atoms with van der Waals surface area (Å²) in [4.78, 5) is 14.9. The molecule has 2 fully saturated rings. The van der Waals surface area contributed by atoms with E-state index in [9.17, 15) is 10.1 Å². The Morgan fingerprint density at radius 2 is 2.14 bits per heavy atom. The Morgan fingerprint density at radius 3 is 2.73 bits per heavy atom. The van der Waals surface area contributed by atoms with Gasteiger partial charge >= 0.3 is 0 Å². The van der Waals surface area contributed by atoms with Crippen molar-refractivity contribution in [2.45, 2.75) is 32.2 Å². The third-order valence-electron chi connectivity index (χ3n) is 4.90. The lowest BCUT2D eigenvalue weighted by atomic mass is 10.1. The van der Waals surface area contributed by atoms with E-state index in [1.165, 1.54) is 6.42 Å². The molecule has 5 nitrogen and oxygen atoms in total. The van der Waals surface area contributed by atoms with Crippen molar-refractivity contribution in [3.63, 3.8) is 0 Å². The normalized spacial score (nSPS) is 23.0. The van der Waals surface area contributed by atoms with Gasteiger partial charge in [-0.15, -0.1) is 0 Å². The summed E-state index contributed by atoms with van der Waals surface area (Å²) in [5.41, 5.74) is 0.764. The maximum atomic E-state index is 12.9. The third-order valence-corrected chi connectivity index (χ3v) is 4.90. The molecule has 2 aliphatic rings. The highest BCUT2D eigenvalue weighted by Gasteiger charge is 2.42. The first-order valence-corrected chi connectivity index (χ1v) is 7.67. The van der Waals surface area contributed by atoms with Gasteiger partial charge in [0.15, 0.2) is 0 Å². The van der Waals surface area contributed by atoms with Crippen molar-refractivity contribution in [3.8, 4) is 12.0 Å². The zero-order valence-electron chi connectivity index (χ0n) is 12.5. The Morgan fingerprint density at radius 1 is 1.36 bits per heavy atom. The van der Waals surface area contributed by atoms with Crippen LogP contribution in [0.25, 0.3) is 5.88 Å². The number of furan rings is 1. The summed E-state index contributed by atoms with van der Waals surface area (Å²) in [5, 5.41) is 9.54. The van der Waals surface area contributed by atoms with E-state index in [1.54, 1.807) is 11.5 Å². The standard InChI is InChI=1S/C17H17N3O2/c1-11-15(16(21)20-10-12-4-5-13(20)8-12)14(9-18)17(22-11)19-6-2-3-7-19/h2-3,6-7,12-13H,4-5,8,10H2,1H3. The molecule has 0 N–H and O–H groups in total. The first-order chi connectivity index (χ1) is 10.7. The monoisotopic (exact) mass is 295 g/mol. The minimum absolute atomic E-state index is 0.0524. The molecule has 1 saturated heterocycles. The Labute approximate surface area is 128 Å². The molecule has 112 valence electrons. The highest BCUT2D eigenvalue weighted by atomic mass is 16.4. The molecule has 3 heterocycles. The lowest BCUT2D eigenvalue weighted by Crippen LogP contribution is -2.38. The van der Waals surface area contributed by atoms with Crippen LogP contribution in [0.5, 0.6) is 0 Å². The van der Waals surface area contributed by atoms with Gasteiger partial charge in [-0.3, -0.25) is 9.36 Å². The molecule has 1 aliphatic heterocycles. The van der Waals surface area contributed by atoms with Gasteiger partial charge in [0.05, 0.1) is 0 Å². The van der Waals surface area contributed by atoms with Crippen molar-refractivity contribution in [2.75, 3.05) is 6.54 Å². The van der Waals surface area contributed by atoms with Gasteiger partial charge in [-0.25, -0.2) is 0 Å². The van der Waals surface area contributed by atoms with E-state index < -0.39 is 0 Å². The van der Waals surface area contributed by atoms with E-state index in [2.05, 4.69) is 6.07 Å². The number of rotatable bonds is 2. The van der Waals surface area contributed by atoms with Gasteiger partial charge in [0.25, 0.3) is 5.91 Å². The van der Waals surface area contributed by atoms with Crippen molar-refractivity contribution in [2.24, 2.45) is 5.92 Å². The summed E-state index contributed by atoms with van der Waals surface area (Å²) in [6, 6.07) is 6.22. The lowest BCUT2D eigenvalue weighted by molar-refractivity contribution is 0.0701. The number of carbonyl (C=O) groups is 1. The van der Waals surface area contributed by atoms with Crippen LogP contribution < -0.4 is 0 Å².